The van der Waals surface area contributed by atoms with Crippen molar-refractivity contribution in [3.8, 4) is 11.1 Å². The van der Waals surface area contributed by atoms with Gasteiger partial charge in [0.2, 0.25) is 5.91 Å². The molecule has 3 aromatic carbocycles. The summed E-state index contributed by atoms with van der Waals surface area (Å²) in [6.45, 7) is 1.32. The van der Waals surface area contributed by atoms with Gasteiger partial charge in [0, 0.05) is 46.7 Å². The van der Waals surface area contributed by atoms with Crippen molar-refractivity contribution in [2.24, 2.45) is 0 Å². The van der Waals surface area contributed by atoms with Crippen LogP contribution in [0.15, 0.2) is 96.3 Å². The Kier molecular flexibility index (Phi) is 7.13. The number of Topliss-reactive ketones (excluding diaryl/α,β-unsaturated/α-hetero) is 1. The fraction of sp³-hybridized carbons (Fsp3) is 0.100. The second-order valence-electron chi connectivity index (χ2n) is 9.09. The third kappa shape index (κ3) is 5.67. The summed E-state index contributed by atoms with van der Waals surface area (Å²) >= 11 is 0. The molecule has 194 valence electrons. The van der Waals surface area contributed by atoms with Gasteiger partial charge >= 0.3 is 0 Å². The number of anilines is 1. The van der Waals surface area contributed by atoms with Crippen molar-refractivity contribution >= 4 is 34.2 Å². The number of aromatic nitrogens is 3. The molecule has 9 heteroatoms. The van der Waals surface area contributed by atoms with Gasteiger partial charge in [0.05, 0.1) is 11.9 Å². The minimum atomic E-state index is -0.940. The minimum Gasteiger partial charge on any atom is -0.360 e. The smallest absolute Gasteiger partial charge is 0.251 e. The summed E-state index contributed by atoms with van der Waals surface area (Å²) in [5, 5.41) is 5.87. The average molecular weight is 520 g/mol. The highest BCUT2D eigenvalue weighted by Gasteiger charge is 2.23. The van der Waals surface area contributed by atoms with E-state index in [2.05, 4.69) is 25.6 Å². The first-order valence-corrected chi connectivity index (χ1v) is 12.3. The summed E-state index contributed by atoms with van der Waals surface area (Å²) in [5.74, 6) is -1.24. The Balaban J connectivity index is 1.37. The Labute approximate surface area is 223 Å². The van der Waals surface area contributed by atoms with Crippen molar-refractivity contribution in [2.75, 3.05) is 5.32 Å². The molecule has 5 aromatic rings. The number of imidazole rings is 1. The van der Waals surface area contributed by atoms with Crippen LogP contribution in [0.5, 0.6) is 0 Å². The van der Waals surface area contributed by atoms with E-state index in [1.807, 2.05) is 42.5 Å². The number of amides is 2. The van der Waals surface area contributed by atoms with Crippen LogP contribution in [-0.2, 0) is 11.2 Å². The summed E-state index contributed by atoms with van der Waals surface area (Å²) < 4.78 is 0. The number of nitrogens with zero attached hydrogens (tertiary/aromatic N) is 1. The SMILES string of the molecule is CC(=O)c1c[nH]c2ccc(NC(=O)[C@H](Cc3cnc[nH]3)NC(=O)c3ccc(-c4ccccc4)cc3)cc2c1=O. The summed E-state index contributed by atoms with van der Waals surface area (Å²) in [5.41, 5.74) is 3.58. The van der Waals surface area contributed by atoms with Gasteiger partial charge in [0.25, 0.3) is 5.91 Å². The third-order valence-electron chi connectivity index (χ3n) is 6.38. The molecule has 1 atom stereocenters. The number of hydrogen-bond donors (Lipinski definition) is 4. The van der Waals surface area contributed by atoms with Crippen LogP contribution in [-0.4, -0.2) is 38.6 Å². The van der Waals surface area contributed by atoms with Gasteiger partial charge in [-0.2, -0.15) is 0 Å². The monoisotopic (exact) mass is 519 g/mol. The highest BCUT2D eigenvalue weighted by Crippen LogP contribution is 2.20. The van der Waals surface area contributed by atoms with Gasteiger partial charge < -0.3 is 20.6 Å². The van der Waals surface area contributed by atoms with Crippen molar-refractivity contribution < 1.29 is 14.4 Å². The van der Waals surface area contributed by atoms with Gasteiger partial charge in [-0.3, -0.25) is 19.2 Å². The maximum Gasteiger partial charge on any atom is 0.251 e. The third-order valence-corrected chi connectivity index (χ3v) is 6.38. The maximum absolute atomic E-state index is 13.3. The van der Waals surface area contributed by atoms with Gasteiger partial charge in [0.15, 0.2) is 11.2 Å². The topological polar surface area (TPSA) is 137 Å². The van der Waals surface area contributed by atoms with Crippen LogP contribution in [0, 0.1) is 0 Å². The lowest BCUT2D eigenvalue weighted by molar-refractivity contribution is -0.118. The first kappa shape index (κ1) is 25.3. The Morgan fingerprint density at radius 2 is 1.67 bits per heavy atom. The molecular weight excluding hydrogens is 494 g/mol. The Morgan fingerprint density at radius 1 is 0.923 bits per heavy atom. The summed E-state index contributed by atoms with van der Waals surface area (Å²) in [6, 6.07) is 20.8. The number of fused-ring (bicyclic) bond motifs is 1. The van der Waals surface area contributed by atoms with Crippen molar-refractivity contribution in [1.82, 2.24) is 20.3 Å². The van der Waals surface area contributed by atoms with E-state index in [0.717, 1.165) is 11.1 Å². The second-order valence-corrected chi connectivity index (χ2v) is 9.09. The molecule has 39 heavy (non-hydrogen) atoms. The summed E-state index contributed by atoms with van der Waals surface area (Å²) in [6.07, 6.45) is 4.63. The molecule has 2 amide bonds. The predicted molar refractivity (Wildman–Crippen MR) is 149 cm³/mol. The first-order chi connectivity index (χ1) is 18.9. The van der Waals surface area contributed by atoms with E-state index in [0.29, 0.717) is 22.5 Å². The second kappa shape index (κ2) is 11.0. The number of pyridine rings is 1. The van der Waals surface area contributed by atoms with Crippen molar-refractivity contribution in [2.45, 2.75) is 19.4 Å². The normalized spacial score (nSPS) is 11.6. The van der Waals surface area contributed by atoms with Gasteiger partial charge in [-0.25, -0.2) is 4.98 Å². The fourth-order valence-corrected chi connectivity index (χ4v) is 4.30. The number of hydrogen-bond acceptors (Lipinski definition) is 5. The van der Waals surface area contributed by atoms with Crippen LogP contribution < -0.4 is 16.1 Å². The number of carbonyl (C=O) groups excluding carboxylic acids is 3. The van der Waals surface area contributed by atoms with E-state index in [9.17, 15) is 19.2 Å². The molecule has 0 fully saturated rings. The zero-order valence-corrected chi connectivity index (χ0v) is 21.0. The quantitative estimate of drug-likeness (QED) is 0.229. The molecule has 0 aliphatic heterocycles. The molecule has 0 spiro atoms. The average Bonchev–Trinajstić information content (AvgIpc) is 3.47. The van der Waals surface area contributed by atoms with Crippen molar-refractivity contribution in [3.05, 3.63) is 119 Å². The molecule has 0 saturated carbocycles. The Morgan fingerprint density at radius 3 is 2.36 bits per heavy atom. The molecule has 0 saturated heterocycles. The standard InChI is InChI=1S/C30H25N5O4/c1-18(36)25-16-32-26-12-11-22(13-24(26)28(25)37)34-30(39)27(14-23-15-31-17-33-23)35-29(38)21-9-7-20(8-10-21)19-5-3-2-4-6-19/h2-13,15-17,27H,14H2,1H3,(H,31,33)(H,32,37)(H,34,39)(H,35,38)/t27-/m0/s1. The molecule has 2 heterocycles. The highest BCUT2D eigenvalue weighted by molar-refractivity contribution is 6.03. The van der Waals surface area contributed by atoms with Gasteiger partial charge in [-0.05, 0) is 48.4 Å². The van der Waals surface area contributed by atoms with E-state index in [1.54, 1.807) is 30.5 Å². The minimum absolute atomic E-state index is 0.0358. The van der Waals surface area contributed by atoms with Gasteiger partial charge in [-0.1, -0.05) is 42.5 Å². The lowest BCUT2D eigenvalue weighted by Crippen LogP contribution is -2.45. The van der Waals surface area contributed by atoms with E-state index in [1.165, 1.54) is 25.5 Å². The zero-order valence-electron chi connectivity index (χ0n) is 21.0. The fourth-order valence-electron chi connectivity index (χ4n) is 4.30. The molecule has 0 bridgehead atoms. The number of rotatable bonds is 8. The predicted octanol–water partition coefficient (Wildman–Crippen LogP) is 4.10. The van der Waals surface area contributed by atoms with E-state index in [-0.39, 0.29) is 23.2 Å². The lowest BCUT2D eigenvalue weighted by Gasteiger charge is -2.18. The maximum atomic E-state index is 13.3. The van der Waals surface area contributed by atoms with Crippen molar-refractivity contribution in [1.29, 1.82) is 0 Å². The summed E-state index contributed by atoms with van der Waals surface area (Å²) in [7, 11) is 0. The molecule has 5 rings (SSSR count). The van der Waals surface area contributed by atoms with Gasteiger partial charge in [0.1, 0.15) is 6.04 Å². The van der Waals surface area contributed by atoms with Crippen LogP contribution in [0.4, 0.5) is 5.69 Å². The number of benzene rings is 3. The molecule has 0 radical (unpaired) electrons. The molecule has 0 aliphatic carbocycles. The van der Waals surface area contributed by atoms with E-state index < -0.39 is 23.3 Å². The first-order valence-electron chi connectivity index (χ1n) is 12.3. The number of ketones is 1. The molecule has 4 N–H and O–H groups in total. The van der Waals surface area contributed by atoms with Crippen LogP contribution >= 0.6 is 0 Å². The number of nitrogens with one attached hydrogen (secondary N) is 4. The van der Waals surface area contributed by atoms with E-state index >= 15 is 0 Å². The largest absolute Gasteiger partial charge is 0.360 e. The van der Waals surface area contributed by atoms with Crippen LogP contribution in [0.2, 0.25) is 0 Å². The Hall–Kier alpha value is -5.31. The van der Waals surface area contributed by atoms with Crippen LogP contribution in [0.3, 0.4) is 0 Å². The van der Waals surface area contributed by atoms with Crippen LogP contribution in [0.25, 0.3) is 22.0 Å². The molecular formula is C30H25N5O4. The highest BCUT2D eigenvalue weighted by atomic mass is 16.2. The Bertz CT molecular complexity index is 1710. The summed E-state index contributed by atoms with van der Waals surface area (Å²) in [4.78, 5) is 60.9. The number of H-pyrrole nitrogens is 2. The van der Waals surface area contributed by atoms with Crippen molar-refractivity contribution in [3.63, 3.8) is 0 Å². The lowest BCUT2D eigenvalue weighted by atomic mass is 10.0. The molecule has 2 aromatic heterocycles. The zero-order chi connectivity index (χ0) is 27.4. The number of aromatic amines is 2. The van der Waals surface area contributed by atoms with Crippen LogP contribution in [0.1, 0.15) is 33.3 Å². The molecule has 0 aliphatic rings. The molecule has 9 nitrogen and oxygen atoms in total. The van der Waals surface area contributed by atoms with E-state index in [4.69, 9.17) is 0 Å². The number of carbonyl (C=O) groups is 3. The molecule has 0 unspecified atom stereocenters. The van der Waals surface area contributed by atoms with Gasteiger partial charge in [-0.15, -0.1) is 0 Å².